The van der Waals surface area contributed by atoms with Crippen LogP contribution in [0, 0.1) is 11.3 Å². The largest absolute Gasteiger partial charge is 0.394 e. The van der Waals surface area contributed by atoms with Crippen LogP contribution in [0.5, 0.6) is 0 Å². The molecule has 1 aliphatic heterocycles. The molecule has 0 aromatic carbocycles. The molecule has 0 radical (unpaired) electrons. The molecule has 0 aliphatic carbocycles. The van der Waals surface area contributed by atoms with Crippen molar-refractivity contribution in [2.75, 3.05) is 6.61 Å². The van der Waals surface area contributed by atoms with Gasteiger partial charge in [0.2, 0.25) is 0 Å². The van der Waals surface area contributed by atoms with Crippen molar-refractivity contribution in [2.24, 2.45) is 0 Å². The first-order valence-corrected chi connectivity index (χ1v) is 4.61. The number of ether oxygens (including phenoxy) is 1. The quantitative estimate of drug-likeness (QED) is 0.520. The van der Waals surface area contributed by atoms with Crippen molar-refractivity contribution in [3.8, 4) is 6.07 Å². The average molecular weight is 226 g/mol. The molecule has 86 valence electrons. The van der Waals surface area contributed by atoms with Gasteiger partial charge >= 0.3 is 0 Å². The Labute approximate surface area is 90.3 Å². The van der Waals surface area contributed by atoms with Crippen LogP contribution in [0.1, 0.15) is 12.1 Å². The Morgan fingerprint density at radius 1 is 1.50 bits per heavy atom. The summed E-state index contributed by atoms with van der Waals surface area (Å²) >= 11 is 0. The number of aliphatic hydroxyl groups is 3. The molecule has 3 N–H and O–H groups in total. The smallest absolute Gasteiger partial charge is 0.252 e. The lowest BCUT2D eigenvalue weighted by molar-refractivity contribution is -0.0588. The molecule has 1 saturated heterocycles. The van der Waals surface area contributed by atoms with Crippen molar-refractivity contribution in [2.45, 2.75) is 24.5 Å². The summed E-state index contributed by atoms with van der Waals surface area (Å²) in [6.45, 7) is -0.408. The van der Waals surface area contributed by atoms with Gasteiger partial charge in [-0.15, -0.1) is 5.10 Å². The maximum atomic E-state index is 9.64. The number of hydrogen-bond donors (Lipinski definition) is 3. The van der Waals surface area contributed by atoms with E-state index >= 15 is 0 Å². The lowest BCUT2D eigenvalue weighted by Crippen LogP contribution is -2.33. The molecule has 1 fully saturated rings. The summed E-state index contributed by atoms with van der Waals surface area (Å²) < 4.78 is 6.32. The van der Waals surface area contributed by atoms with Crippen LogP contribution in [0.15, 0.2) is 6.33 Å². The second kappa shape index (κ2) is 4.15. The highest BCUT2D eigenvalue weighted by Gasteiger charge is 2.43. The zero-order valence-electron chi connectivity index (χ0n) is 8.13. The van der Waals surface area contributed by atoms with Crippen LogP contribution < -0.4 is 0 Å². The zero-order chi connectivity index (χ0) is 11.7. The molecule has 8 heteroatoms. The van der Waals surface area contributed by atoms with E-state index in [1.54, 1.807) is 6.07 Å². The maximum absolute atomic E-state index is 9.64. The minimum absolute atomic E-state index is 0.0576. The highest BCUT2D eigenvalue weighted by molar-refractivity contribution is 5.06. The van der Waals surface area contributed by atoms with Crippen molar-refractivity contribution >= 4 is 0 Å². The summed E-state index contributed by atoms with van der Waals surface area (Å²) in [5, 5.41) is 40.3. The normalized spacial score (nSPS) is 33.9. The van der Waals surface area contributed by atoms with Gasteiger partial charge in [0.1, 0.15) is 30.7 Å². The predicted molar refractivity (Wildman–Crippen MR) is 47.7 cm³/mol. The summed E-state index contributed by atoms with van der Waals surface area (Å²) in [7, 11) is 0. The van der Waals surface area contributed by atoms with Gasteiger partial charge in [0.05, 0.1) is 6.61 Å². The van der Waals surface area contributed by atoms with E-state index in [0.717, 1.165) is 4.68 Å². The first-order valence-electron chi connectivity index (χ1n) is 4.61. The molecule has 0 amide bonds. The molecule has 1 aliphatic rings. The molecule has 0 bridgehead atoms. The third kappa shape index (κ3) is 1.66. The summed E-state index contributed by atoms with van der Waals surface area (Å²) in [4.78, 5) is 3.65. The van der Waals surface area contributed by atoms with Gasteiger partial charge in [-0.1, -0.05) is 0 Å². The van der Waals surface area contributed by atoms with Crippen LogP contribution >= 0.6 is 0 Å². The van der Waals surface area contributed by atoms with Crippen LogP contribution in [0.25, 0.3) is 0 Å². The van der Waals surface area contributed by atoms with Crippen LogP contribution in [-0.4, -0.2) is 55.0 Å². The van der Waals surface area contributed by atoms with Gasteiger partial charge in [-0.3, -0.25) is 0 Å². The summed E-state index contributed by atoms with van der Waals surface area (Å²) in [5.74, 6) is -0.0576. The number of rotatable bonds is 2. The molecule has 2 rings (SSSR count). The van der Waals surface area contributed by atoms with Crippen LogP contribution in [0.3, 0.4) is 0 Å². The zero-order valence-corrected chi connectivity index (χ0v) is 8.13. The molecule has 4 unspecified atom stereocenters. The van der Waals surface area contributed by atoms with Crippen LogP contribution in [-0.2, 0) is 4.74 Å². The fourth-order valence-corrected chi connectivity index (χ4v) is 1.55. The van der Waals surface area contributed by atoms with Gasteiger partial charge in [-0.25, -0.2) is 9.67 Å². The average Bonchev–Trinajstić information content (AvgIpc) is 2.86. The van der Waals surface area contributed by atoms with Gasteiger partial charge in [0, 0.05) is 0 Å². The first kappa shape index (κ1) is 11.0. The molecule has 16 heavy (non-hydrogen) atoms. The van der Waals surface area contributed by atoms with E-state index in [0.29, 0.717) is 0 Å². The molecular weight excluding hydrogens is 216 g/mol. The molecule has 4 atom stereocenters. The van der Waals surface area contributed by atoms with Gasteiger partial charge in [-0.05, 0) is 0 Å². The van der Waals surface area contributed by atoms with Gasteiger partial charge < -0.3 is 20.1 Å². The second-order valence-corrected chi connectivity index (χ2v) is 3.39. The predicted octanol–water partition coefficient (Wildman–Crippen LogP) is -2.24. The Morgan fingerprint density at radius 2 is 2.25 bits per heavy atom. The van der Waals surface area contributed by atoms with E-state index < -0.39 is 31.1 Å². The van der Waals surface area contributed by atoms with Crippen molar-refractivity contribution in [1.29, 1.82) is 5.26 Å². The Bertz CT molecular complexity index is 414. The Balaban J connectivity index is 2.20. The van der Waals surface area contributed by atoms with Crippen molar-refractivity contribution in [3.05, 3.63) is 12.2 Å². The highest BCUT2D eigenvalue weighted by Crippen LogP contribution is 2.28. The van der Waals surface area contributed by atoms with E-state index in [1.165, 1.54) is 6.33 Å². The minimum atomic E-state index is -1.22. The van der Waals surface area contributed by atoms with Gasteiger partial charge in [-0.2, -0.15) is 5.26 Å². The van der Waals surface area contributed by atoms with E-state index in [4.69, 9.17) is 15.1 Å². The number of hydrogen-bond acceptors (Lipinski definition) is 7. The number of nitriles is 1. The third-order valence-corrected chi connectivity index (χ3v) is 2.39. The monoisotopic (exact) mass is 226 g/mol. The second-order valence-electron chi connectivity index (χ2n) is 3.39. The number of aliphatic hydroxyl groups excluding tert-OH is 3. The maximum Gasteiger partial charge on any atom is 0.252 e. The number of aromatic nitrogens is 3. The van der Waals surface area contributed by atoms with Crippen molar-refractivity contribution < 1.29 is 20.1 Å². The standard InChI is InChI=1S/C8H10N4O4/c9-1-5-10-3-12(11-5)8-7(15)6(14)4(2-13)16-8/h3-4,6-8,13-15H,2H2. The fourth-order valence-electron chi connectivity index (χ4n) is 1.55. The highest BCUT2D eigenvalue weighted by atomic mass is 16.6. The Hall–Kier alpha value is -1.53. The van der Waals surface area contributed by atoms with E-state index in [2.05, 4.69) is 10.1 Å². The summed E-state index contributed by atoms with van der Waals surface area (Å²) in [5.41, 5.74) is 0. The van der Waals surface area contributed by atoms with Gasteiger partial charge in [0.25, 0.3) is 5.82 Å². The third-order valence-electron chi connectivity index (χ3n) is 2.39. The topological polar surface area (TPSA) is 124 Å². The molecule has 8 nitrogen and oxygen atoms in total. The molecule has 1 aromatic heterocycles. The first-order chi connectivity index (χ1) is 7.67. The van der Waals surface area contributed by atoms with Crippen LogP contribution in [0.2, 0.25) is 0 Å². The lowest BCUT2D eigenvalue weighted by atomic mass is 10.1. The minimum Gasteiger partial charge on any atom is -0.394 e. The molecule has 0 saturated carbocycles. The molecular formula is C8H10N4O4. The SMILES string of the molecule is N#Cc1ncn(C2OC(CO)C(O)C2O)n1. The van der Waals surface area contributed by atoms with Crippen LogP contribution in [0.4, 0.5) is 0 Å². The fraction of sp³-hybridized carbons (Fsp3) is 0.625. The van der Waals surface area contributed by atoms with Crippen molar-refractivity contribution in [1.82, 2.24) is 14.8 Å². The Morgan fingerprint density at radius 3 is 2.75 bits per heavy atom. The summed E-state index contributed by atoms with van der Waals surface area (Å²) in [6.07, 6.45) is -2.99. The summed E-state index contributed by atoms with van der Waals surface area (Å²) in [6, 6.07) is 1.73. The number of nitrogens with zero attached hydrogens (tertiary/aromatic N) is 4. The molecule has 0 spiro atoms. The molecule has 2 heterocycles. The van der Waals surface area contributed by atoms with Crippen molar-refractivity contribution in [3.63, 3.8) is 0 Å². The van der Waals surface area contributed by atoms with E-state index in [-0.39, 0.29) is 5.82 Å². The Kier molecular flexibility index (Phi) is 2.84. The molecule has 1 aromatic rings. The lowest BCUT2D eigenvalue weighted by Gasteiger charge is -2.13. The van der Waals surface area contributed by atoms with Gasteiger partial charge in [0.15, 0.2) is 6.23 Å². The van der Waals surface area contributed by atoms with E-state index in [9.17, 15) is 10.2 Å². The van der Waals surface area contributed by atoms with E-state index in [1.807, 2.05) is 0 Å².